The smallest absolute Gasteiger partial charge is 0.00643 e. The van der Waals surface area contributed by atoms with Gasteiger partial charge in [0.25, 0.3) is 0 Å². The van der Waals surface area contributed by atoms with Crippen LogP contribution in [-0.4, -0.2) is 24.5 Å². The average Bonchev–Trinajstić information content (AvgIpc) is 2.23. The van der Waals surface area contributed by atoms with Gasteiger partial charge in [0.15, 0.2) is 0 Å². The summed E-state index contributed by atoms with van der Waals surface area (Å²) >= 11 is 0. The van der Waals surface area contributed by atoms with Gasteiger partial charge in [-0.15, -0.1) is 13.2 Å². The predicted octanol–water partition coefficient (Wildman–Crippen LogP) is 1.90. The summed E-state index contributed by atoms with van der Waals surface area (Å²) in [5.74, 6) is 0. The Balaban J connectivity index is 0.000000291. The van der Waals surface area contributed by atoms with Crippen LogP contribution in [0.2, 0.25) is 0 Å². The van der Waals surface area contributed by atoms with E-state index in [0.29, 0.717) is 0 Å². The van der Waals surface area contributed by atoms with Crippen molar-refractivity contribution in [2.24, 2.45) is 0 Å². The highest BCUT2D eigenvalue weighted by Gasteiger charge is 2.14. The molecular formula is C8H17N. The molecule has 1 atom stereocenters. The zero-order chi connectivity index (χ0) is 7.28. The summed E-state index contributed by atoms with van der Waals surface area (Å²) < 4.78 is 0. The van der Waals surface area contributed by atoms with E-state index in [1.165, 1.54) is 19.4 Å². The van der Waals surface area contributed by atoms with Crippen molar-refractivity contribution in [3.05, 3.63) is 13.2 Å². The molecule has 1 heteroatoms. The van der Waals surface area contributed by atoms with Crippen LogP contribution < -0.4 is 0 Å². The third-order valence-corrected chi connectivity index (χ3v) is 1.89. The molecule has 0 aromatic heterocycles. The van der Waals surface area contributed by atoms with Crippen LogP contribution in [0.1, 0.15) is 19.8 Å². The molecule has 1 saturated heterocycles. The minimum atomic E-state index is 0.847. The Hall–Kier alpha value is -0.300. The van der Waals surface area contributed by atoms with Gasteiger partial charge in [0, 0.05) is 6.04 Å². The zero-order valence-corrected chi connectivity index (χ0v) is 6.56. The van der Waals surface area contributed by atoms with Gasteiger partial charge in [-0.2, -0.15) is 0 Å². The van der Waals surface area contributed by atoms with E-state index < -0.39 is 0 Å². The summed E-state index contributed by atoms with van der Waals surface area (Å²) in [5.41, 5.74) is 0. The number of likely N-dealkylation sites (tertiary alicyclic amines) is 1. The molecule has 0 spiro atoms. The molecule has 0 radical (unpaired) electrons. The average molecular weight is 127 g/mol. The molecule has 0 aromatic rings. The van der Waals surface area contributed by atoms with Gasteiger partial charge in [0.1, 0.15) is 0 Å². The Kier molecular flexibility index (Phi) is 4.41. The van der Waals surface area contributed by atoms with E-state index in [-0.39, 0.29) is 0 Å². The van der Waals surface area contributed by atoms with E-state index >= 15 is 0 Å². The minimum absolute atomic E-state index is 0.847. The molecule has 0 aromatic carbocycles. The number of nitrogens with zero attached hydrogens (tertiary/aromatic N) is 1. The maximum atomic E-state index is 3.00. The van der Waals surface area contributed by atoms with Crippen molar-refractivity contribution in [3.63, 3.8) is 0 Å². The van der Waals surface area contributed by atoms with E-state index in [4.69, 9.17) is 0 Å². The molecule has 1 aliphatic heterocycles. The van der Waals surface area contributed by atoms with Crippen molar-refractivity contribution >= 4 is 0 Å². The quantitative estimate of drug-likeness (QED) is 0.449. The van der Waals surface area contributed by atoms with Crippen molar-refractivity contribution in [1.29, 1.82) is 0 Å². The summed E-state index contributed by atoms with van der Waals surface area (Å²) in [6, 6.07) is 0.847. The van der Waals surface area contributed by atoms with Crippen LogP contribution in [0.3, 0.4) is 0 Å². The van der Waals surface area contributed by atoms with Crippen molar-refractivity contribution in [3.8, 4) is 0 Å². The van der Waals surface area contributed by atoms with Gasteiger partial charge in [0.05, 0.1) is 0 Å². The molecule has 1 rings (SSSR count). The van der Waals surface area contributed by atoms with E-state index in [1.54, 1.807) is 0 Å². The monoisotopic (exact) mass is 127 g/mol. The lowest BCUT2D eigenvalue weighted by atomic mass is 10.3. The molecule has 0 bridgehead atoms. The lowest BCUT2D eigenvalue weighted by Gasteiger charge is -2.12. The highest BCUT2D eigenvalue weighted by Crippen LogP contribution is 2.12. The SMILES string of the molecule is C=C.C[C@@H]1CCCN1C. The topological polar surface area (TPSA) is 3.24 Å². The summed E-state index contributed by atoms with van der Waals surface area (Å²) in [7, 11) is 2.19. The van der Waals surface area contributed by atoms with E-state index in [0.717, 1.165) is 6.04 Å². The van der Waals surface area contributed by atoms with E-state index in [2.05, 4.69) is 32.0 Å². The minimum Gasteiger partial charge on any atom is -0.304 e. The van der Waals surface area contributed by atoms with Crippen LogP contribution in [-0.2, 0) is 0 Å². The standard InChI is InChI=1S/C6H13N.C2H4/c1-6-4-3-5-7(6)2;1-2/h6H,3-5H2,1-2H3;1-2H2/t6-;/m1./s1. The summed E-state index contributed by atoms with van der Waals surface area (Å²) in [4.78, 5) is 2.40. The predicted molar refractivity (Wildman–Crippen MR) is 42.6 cm³/mol. The number of hydrogen-bond donors (Lipinski definition) is 0. The maximum absolute atomic E-state index is 3.00. The largest absolute Gasteiger partial charge is 0.304 e. The third kappa shape index (κ3) is 2.66. The summed E-state index contributed by atoms with van der Waals surface area (Å²) in [5, 5.41) is 0. The zero-order valence-electron chi connectivity index (χ0n) is 6.56. The molecule has 54 valence electrons. The summed E-state index contributed by atoms with van der Waals surface area (Å²) in [6.07, 6.45) is 2.80. The van der Waals surface area contributed by atoms with E-state index in [9.17, 15) is 0 Å². The second kappa shape index (κ2) is 4.57. The summed E-state index contributed by atoms with van der Waals surface area (Å²) in [6.45, 7) is 9.59. The molecule has 1 nitrogen and oxygen atoms in total. The molecule has 1 aliphatic rings. The highest BCUT2D eigenvalue weighted by atomic mass is 15.1. The molecule has 0 N–H and O–H groups in total. The maximum Gasteiger partial charge on any atom is 0.00643 e. The Labute approximate surface area is 58.4 Å². The molecule has 9 heavy (non-hydrogen) atoms. The van der Waals surface area contributed by atoms with Gasteiger partial charge in [-0.25, -0.2) is 0 Å². The Morgan fingerprint density at radius 3 is 2.11 bits per heavy atom. The lowest BCUT2D eigenvalue weighted by Crippen LogP contribution is -2.20. The number of rotatable bonds is 0. The molecule has 1 fully saturated rings. The van der Waals surface area contributed by atoms with E-state index in [1.807, 2.05) is 0 Å². The lowest BCUT2D eigenvalue weighted by molar-refractivity contribution is 0.331. The van der Waals surface area contributed by atoms with Crippen LogP contribution in [0.25, 0.3) is 0 Å². The first-order valence-electron chi connectivity index (χ1n) is 3.51. The Morgan fingerprint density at radius 2 is 2.00 bits per heavy atom. The molecule has 0 unspecified atom stereocenters. The van der Waals surface area contributed by atoms with Crippen molar-refractivity contribution in [2.45, 2.75) is 25.8 Å². The van der Waals surface area contributed by atoms with Crippen LogP contribution in [0.5, 0.6) is 0 Å². The second-order valence-electron chi connectivity index (χ2n) is 2.47. The van der Waals surface area contributed by atoms with Crippen LogP contribution in [0, 0.1) is 0 Å². The third-order valence-electron chi connectivity index (χ3n) is 1.89. The van der Waals surface area contributed by atoms with Crippen LogP contribution in [0.15, 0.2) is 13.2 Å². The molecule has 1 heterocycles. The Bertz CT molecular complexity index is 63.0. The fourth-order valence-corrected chi connectivity index (χ4v) is 1.08. The fraction of sp³-hybridized carbons (Fsp3) is 0.750. The Morgan fingerprint density at radius 1 is 1.44 bits per heavy atom. The highest BCUT2D eigenvalue weighted by molar-refractivity contribution is 4.70. The first kappa shape index (κ1) is 8.70. The van der Waals surface area contributed by atoms with Gasteiger partial charge >= 0.3 is 0 Å². The van der Waals surface area contributed by atoms with Crippen molar-refractivity contribution < 1.29 is 0 Å². The molecular weight excluding hydrogens is 110 g/mol. The van der Waals surface area contributed by atoms with Gasteiger partial charge in [0.2, 0.25) is 0 Å². The van der Waals surface area contributed by atoms with Gasteiger partial charge in [-0.3, -0.25) is 0 Å². The first-order chi connectivity index (χ1) is 4.30. The van der Waals surface area contributed by atoms with Crippen molar-refractivity contribution in [1.82, 2.24) is 4.90 Å². The normalized spacial score (nSPS) is 27.1. The second-order valence-corrected chi connectivity index (χ2v) is 2.47. The first-order valence-corrected chi connectivity index (χ1v) is 3.51. The van der Waals surface area contributed by atoms with Crippen molar-refractivity contribution in [2.75, 3.05) is 13.6 Å². The molecule has 0 saturated carbocycles. The van der Waals surface area contributed by atoms with Crippen LogP contribution >= 0.6 is 0 Å². The fourth-order valence-electron chi connectivity index (χ4n) is 1.08. The molecule has 0 amide bonds. The van der Waals surface area contributed by atoms with Gasteiger partial charge in [-0.05, 0) is 33.4 Å². The molecule has 0 aliphatic carbocycles. The van der Waals surface area contributed by atoms with Gasteiger partial charge < -0.3 is 4.90 Å². The number of hydrogen-bond acceptors (Lipinski definition) is 1. The van der Waals surface area contributed by atoms with Gasteiger partial charge in [-0.1, -0.05) is 0 Å². The van der Waals surface area contributed by atoms with Crippen LogP contribution in [0.4, 0.5) is 0 Å².